The van der Waals surface area contributed by atoms with E-state index < -0.39 is 6.10 Å². The molecule has 1 heterocycles. The molecule has 1 atom stereocenters. The van der Waals surface area contributed by atoms with Crippen molar-refractivity contribution in [2.24, 2.45) is 0 Å². The third-order valence-corrected chi connectivity index (χ3v) is 3.72. The van der Waals surface area contributed by atoms with Crippen molar-refractivity contribution in [2.75, 3.05) is 0 Å². The van der Waals surface area contributed by atoms with Crippen LogP contribution in [0.3, 0.4) is 0 Å². The molecule has 19 heavy (non-hydrogen) atoms. The van der Waals surface area contributed by atoms with Crippen LogP contribution in [0.2, 0.25) is 5.02 Å². The molecule has 0 amide bonds. The molecule has 0 fully saturated rings. The van der Waals surface area contributed by atoms with Gasteiger partial charge in [-0.2, -0.15) is 0 Å². The Morgan fingerprint density at radius 3 is 2.95 bits per heavy atom. The van der Waals surface area contributed by atoms with E-state index in [1.807, 2.05) is 31.3 Å². The van der Waals surface area contributed by atoms with E-state index in [1.54, 1.807) is 6.20 Å². The van der Waals surface area contributed by atoms with Crippen LogP contribution in [0.1, 0.15) is 36.4 Å². The number of aliphatic hydroxyl groups is 1. The number of rotatable bonds is 5. The third kappa shape index (κ3) is 3.17. The molecule has 0 saturated carbocycles. The number of aliphatic hydroxyl groups excluding tert-OH is 1. The van der Waals surface area contributed by atoms with Crippen molar-refractivity contribution in [3.63, 3.8) is 0 Å². The maximum atomic E-state index is 10.4. The van der Waals surface area contributed by atoms with Crippen molar-refractivity contribution in [1.29, 1.82) is 0 Å². The van der Waals surface area contributed by atoms with E-state index in [0.717, 1.165) is 29.9 Å². The van der Waals surface area contributed by atoms with Crippen molar-refractivity contribution in [2.45, 2.75) is 39.3 Å². The predicted molar refractivity (Wildman–Crippen MR) is 77.4 cm³/mol. The van der Waals surface area contributed by atoms with E-state index in [-0.39, 0.29) is 0 Å². The largest absolute Gasteiger partial charge is 0.388 e. The van der Waals surface area contributed by atoms with Gasteiger partial charge in [-0.3, -0.25) is 0 Å². The molecule has 0 aliphatic rings. The van der Waals surface area contributed by atoms with Gasteiger partial charge in [-0.25, -0.2) is 4.98 Å². The second-order valence-electron chi connectivity index (χ2n) is 4.71. The van der Waals surface area contributed by atoms with Crippen LogP contribution in [-0.2, 0) is 13.0 Å². The molecule has 2 rings (SSSR count). The number of nitrogens with zero attached hydrogens (tertiary/aromatic N) is 2. The minimum atomic E-state index is -0.572. The molecule has 0 saturated heterocycles. The normalized spacial score (nSPS) is 12.6. The number of hydrogen-bond acceptors (Lipinski definition) is 2. The molecule has 0 aliphatic heterocycles. The van der Waals surface area contributed by atoms with Gasteiger partial charge in [0, 0.05) is 30.4 Å². The van der Waals surface area contributed by atoms with Crippen LogP contribution >= 0.6 is 11.6 Å². The van der Waals surface area contributed by atoms with Gasteiger partial charge >= 0.3 is 0 Å². The Labute approximate surface area is 118 Å². The Morgan fingerprint density at radius 1 is 1.42 bits per heavy atom. The number of benzene rings is 1. The van der Waals surface area contributed by atoms with Gasteiger partial charge in [0.1, 0.15) is 5.82 Å². The first kappa shape index (κ1) is 14.1. The highest BCUT2D eigenvalue weighted by Crippen LogP contribution is 2.26. The molecular weight excluding hydrogens is 260 g/mol. The second kappa shape index (κ2) is 6.22. The highest BCUT2D eigenvalue weighted by molar-refractivity contribution is 6.31. The van der Waals surface area contributed by atoms with Crippen molar-refractivity contribution in [1.82, 2.24) is 9.55 Å². The van der Waals surface area contributed by atoms with Gasteiger partial charge in [0.05, 0.1) is 6.10 Å². The molecule has 0 radical (unpaired) electrons. The van der Waals surface area contributed by atoms with Crippen LogP contribution in [0.25, 0.3) is 0 Å². The summed E-state index contributed by atoms with van der Waals surface area (Å²) in [5.41, 5.74) is 1.81. The summed E-state index contributed by atoms with van der Waals surface area (Å²) in [7, 11) is 0. The van der Waals surface area contributed by atoms with E-state index in [4.69, 9.17) is 11.6 Å². The smallest absolute Gasteiger partial charge is 0.111 e. The van der Waals surface area contributed by atoms with Crippen LogP contribution in [0, 0.1) is 6.92 Å². The first-order chi connectivity index (χ1) is 9.13. The van der Waals surface area contributed by atoms with Crippen LogP contribution in [0.4, 0.5) is 0 Å². The number of halogens is 1. The predicted octanol–water partition coefficient (Wildman–Crippen LogP) is 3.53. The lowest BCUT2D eigenvalue weighted by atomic mass is 10.0. The lowest BCUT2D eigenvalue weighted by Gasteiger charge is -2.15. The molecule has 102 valence electrons. The summed E-state index contributed by atoms with van der Waals surface area (Å²) in [6.07, 6.45) is 4.72. The van der Waals surface area contributed by atoms with Gasteiger partial charge in [-0.15, -0.1) is 0 Å². The third-order valence-electron chi connectivity index (χ3n) is 3.31. The molecule has 3 nitrogen and oxygen atoms in total. The summed E-state index contributed by atoms with van der Waals surface area (Å²) in [5, 5.41) is 11.1. The Morgan fingerprint density at radius 2 is 2.21 bits per heavy atom. The van der Waals surface area contributed by atoms with Gasteiger partial charge in [0.2, 0.25) is 0 Å². The zero-order valence-corrected chi connectivity index (χ0v) is 12.1. The van der Waals surface area contributed by atoms with Crippen molar-refractivity contribution < 1.29 is 5.11 Å². The SMILES string of the molecule is CCCn1ccnc1CC(O)c1cccc(Cl)c1C. The van der Waals surface area contributed by atoms with Gasteiger partial charge in [0.15, 0.2) is 0 Å². The lowest BCUT2D eigenvalue weighted by molar-refractivity contribution is 0.173. The van der Waals surface area contributed by atoms with Crippen LogP contribution in [0.15, 0.2) is 30.6 Å². The summed E-state index contributed by atoms with van der Waals surface area (Å²) in [6.45, 7) is 4.98. The zero-order chi connectivity index (χ0) is 13.8. The molecule has 2 aromatic rings. The average molecular weight is 279 g/mol. The maximum Gasteiger partial charge on any atom is 0.111 e. The molecule has 1 N–H and O–H groups in total. The minimum absolute atomic E-state index is 0.508. The molecule has 1 aromatic carbocycles. The Kier molecular flexibility index (Phi) is 4.61. The van der Waals surface area contributed by atoms with Crippen molar-refractivity contribution >= 4 is 11.6 Å². The summed E-state index contributed by atoms with van der Waals surface area (Å²) in [4.78, 5) is 4.32. The molecule has 0 spiro atoms. The van der Waals surface area contributed by atoms with Crippen LogP contribution < -0.4 is 0 Å². The van der Waals surface area contributed by atoms with E-state index in [0.29, 0.717) is 11.4 Å². The number of aromatic nitrogens is 2. The monoisotopic (exact) mass is 278 g/mol. The van der Waals surface area contributed by atoms with Crippen LogP contribution in [0.5, 0.6) is 0 Å². The van der Waals surface area contributed by atoms with Gasteiger partial charge < -0.3 is 9.67 Å². The van der Waals surface area contributed by atoms with Gasteiger partial charge in [0.25, 0.3) is 0 Å². The molecular formula is C15H19ClN2O. The number of hydrogen-bond donors (Lipinski definition) is 1. The Hall–Kier alpha value is -1.32. The average Bonchev–Trinajstić information content (AvgIpc) is 2.80. The van der Waals surface area contributed by atoms with Crippen LogP contribution in [-0.4, -0.2) is 14.7 Å². The maximum absolute atomic E-state index is 10.4. The number of imidazole rings is 1. The van der Waals surface area contributed by atoms with E-state index in [9.17, 15) is 5.11 Å². The second-order valence-corrected chi connectivity index (χ2v) is 5.12. The Balaban J connectivity index is 2.18. The van der Waals surface area contributed by atoms with E-state index in [2.05, 4.69) is 16.5 Å². The lowest BCUT2D eigenvalue weighted by Crippen LogP contribution is -2.10. The molecule has 0 bridgehead atoms. The van der Waals surface area contributed by atoms with Gasteiger partial charge in [-0.1, -0.05) is 30.7 Å². The fourth-order valence-corrected chi connectivity index (χ4v) is 2.42. The summed E-state index contributed by atoms with van der Waals surface area (Å²) < 4.78 is 2.09. The molecule has 0 aliphatic carbocycles. The van der Waals surface area contributed by atoms with Gasteiger partial charge in [-0.05, 0) is 30.5 Å². The van der Waals surface area contributed by atoms with E-state index >= 15 is 0 Å². The first-order valence-corrected chi connectivity index (χ1v) is 6.94. The fourth-order valence-electron chi connectivity index (χ4n) is 2.24. The minimum Gasteiger partial charge on any atom is -0.388 e. The fraction of sp³-hybridized carbons (Fsp3) is 0.400. The summed E-state index contributed by atoms with van der Waals surface area (Å²) >= 11 is 6.09. The highest BCUT2D eigenvalue weighted by atomic mass is 35.5. The molecule has 4 heteroatoms. The van der Waals surface area contributed by atoms with E-state index in [1.165, 1.54) is 0 Å². The van der Waals surface area contributed by atoms with Crippen molar-refractivity contribution in [3.8, 4) is 0 Å². The first-order valence-electron chi connectivity index (χ1n) is 6.56. The van der Waals surface area contributed by atoms with Crippen molar-refractivity contribution in [3.05, 3.63) is 52.6 Å². The molecule has 1 unspecified atom stereocenters. The quantitative estimate of drug-likeness (QED) is 0.909. The summed E-state index contributed by atoms with van der Waals surface area (Å²) in [5.74, 6) is 0.911. The highest BCUT2D eigenvalue weighted by Gasteiger charge is 2.15. The molecule has 1 aromatic heterocycles. The summed E-state index contributed by atoms with van der Waals surface area (Å²) in [6, 6.07) is 5.62. The number of aryl methyl sites for hydroxylation is 1. The standard InChI is InChI=1S/C15H19ClN2O/c1-3-8-18-9-7-17-15(18)10-14(19)12-5-4-6-13(16)11(12)2/h4-7,9,14,19H,3,8,10H2,1-2H3. The zero-order valence-electron chi connectivity index (χ0n) is 11.3. The Bertz CT molecular complexity index is 551. The topological polar surface area (TPSA) is 38.0 Å².